The molecule has 1 heterocycles. The molecule has 1 aliphatic rings. The van der Waals surface area contributed by atoms with Gasteiger partial charge in [-0.25, -0.2) is 0 Å². The molecule has 0 atom stereocenters. The number of rotatable bonds is 3. The monoisotopic (exact) mass is 221 g/mol. The van der Waals surface area contributed by atoms with E-state index in [4.69, 9.17) is 0 Å². The number of nitrogens with one attached hydrogen (secondary N) is 1. The van der Waals surface area contributed by atoms with Crippen LogP contribution in [0.5, 0.6) is 0 Å². The molecule has 1 saturated heterocycles. The third kappa shape index (κ3) is 2.79. The number of hydrogen-bond acceptors (Lipinski definition) is 3. The van der Waals surface area contributed by atoms with Gasteiger partial charge < -0.3 is 0 Å². The van der Waals surface area contributed by atoms with Crippen LogP contribution in [0.2, 0.25) is 0 Å². The molecule has 88 valence electrons. The second-order valence-corrected chi connectivity index (χ2v) is 3.71. The van der Waals surface area contributed by atoms with E-state index in [1.165, 1.54) is 0 Å². The fourth-order valence-electron chi connectivity index (χ4n) is 1.62. The van der Waals surface area contributed by atoms with Crippen molar-refractivity contribution in [3.8, 4) is 0 Å². The van der Waals surface area contributed by atoms with Crippen LogP contribution in [0.15, 0.2) is 28.5 Å². The minimum absolute atomic E-state index is 0.0979. The van der Waals surface area contributed by atoms with Gasteiger partial charge in [-0.05, 0) is 27.7 Å². The average Bonchev–Trinajstić information content (AvgIpc) is 2.66. The zero-order chi connectivity index (χ0) is 12.1. The highest BCUT2D eigenvalue weighted by Gasteiger charge is 2.23. The maximum Gasteiger partial charge on any atom is 0.242 e. The van der Waals surface area contributed by atoms with E-state index >= 15 is 0 Å². The predicted molar refractivity (Wildman–Crippen MR) is 66.0 cm³/mol. The van der Waals surface area contributed by atoms with Crippen molar-refractivity contribution in [3.05, 3.63) is 23.5 Å². The molecule has 1 amide bonds. The molecule has 16 heavy (non-hydrogen) atoms. The fraction of sp³-hybridized carbons (Fsp3) is 0.500. The van der Waals surface area contributed by atoms with Crippen molar-refractivity contribution in [3.63, 3.8) is 0 Å². The summed E-state index contributed by atoms with van der Waals surface area (Å²) in [5.74, 6) is 0.0979. The number of nitrogens with zero attached hydrogens (tertiary/aromatic N) is 2. The molecule has 4 heteroatoms. The molecule has 0 spiro atoms. The number of hydrogen-bond donors (Lipinski definition) is 1. The van der Waals surface area contributed by atoms with Crippen LogP contribution in [0.1, 0.15) is 27.7 Å². The van der Waals surface area contributed by atoms with Crippen molar-refractivity contribution in [2.75, 3.05) is 13.2 Å². The van der Waals surface area contributed by atoms with Crippen LogP contribution in [0.4, 0.5) is 0 Å². The largest absolute Gasteiger partial charge is 0.297 e. The first-order valence-corrected chi connectivity index (χ1v) is 5.46. The number of carbonyl (C=O) groups is 1. The minimum atomic E-state index is 0.0979. The van der Waals surface area contributed by atoms with E-state index in [1.54, 1.807) is 4.90 Å². The molecule has 1 fully saturated rings. The molecule has 1 N–H and O–H groups in total. The minimum Gasteiger partial charge on any atom is -0.297 e. The van der Waals surface area contributed by atoms with Crippen molar-refractivity contribution >= 4 is 11.6 Å². The third-order valence-electron chi connectivity index (χ3n) is 2.54. The maximum atomic E-state index is 11.6. The van der Waals surface area contributed by atoms with Gasteiger partial charge in [0.2, 0.25) is 5.91 Å². The Morgan fingerprint density at radius 3 is 2.50 bits per heavy atom. The molecule has 0 aromatic carbocycles. The molecule has 0 aromatic rings. The topological polar surface area (TPSA) is 44.7 Å². The molecule has 0 saturated carbocycles. The van der Waals surface area contributed by atoms with Crippen LogP contribution in [0, 0.1) is 0 Å². The molecule has 0 aliphatic carbocycles. The van der Waals surface area contributed by atoms with Crippen LogP contribution >= 0.6 is 0 Å². The van der Waals surface area contributed by atoms with Gasteiger partial charge in [-0.15, -0.1) is 0 Å². The number of carbonyl (C=O) groups excluding carboxylic acids is 1. The maximum absolute atomic E-state index is 11.6. The number of allylic oxidation sites excluding steroid dienone is 4. The molecule has 0 bridgehead atoms. The van der Waals surface area contributed by atoms with E-state index < -0.39 is 0 Å². The first-order valence-electron chi connectivity index (χ1n) is 5.46. The average molecular weight is 221 g/mol. The van der Waals surface area contributed by atoms with E-state index in [0.29, 0.717) is 13.2 Å². The summed E-state index contributed by atoms with van der Waals surface area (Å²) in [6.45, 7) is 8.72. The summed E-state index contributed by atoms with van der Waals surface area (Å²) in [5, 5.41) is 3.03. The van der Waals surface area contributed by atoms with Crippen LogP contribution < -0.4 is 5.32 Å². The van der Waals surface area contributed by atoms with Crippen molar-refractivity contribution in [2.24, 2.45) is 4.99 Å². The van der Waals surface area contributed by atoms with Crippen LogP contribution in [0.3, 0.4) is 0 Å². The molecule has 0 radical (unpaired) electrons. The highest BCUT2D eigenvalue weighted by Crippen LogP contribution is 2.11. The lowest BCUT2D eigenvalue weighted by Crippen LogP contribution is -2.29. The van der Waals surface area contributed by atoms with Gasteiger partial charge in [-0.1, -0.05) is 12.2 Å². The van der Waals surface area contributed by atoms with Gasteiger partial charge in [-0.2, -0.15) is 0 Å². The summed E-state index contributed by atoms with van der Waals surface area (Å²) in [5.41, 5.74) is 2.71. The van der Waals surface area contributed by atoms with Crippen LogP contribution in [-0.2, 0) is 4.79 Å². The summed E-state index contributed by atoms with van der Waals surface area (Å²) >= 11 is 0. The van der Waals surface area contributed by atoms with Crippen molar-refractivity contribution in [1.29, 1.82) is 0 Å². The number of amides is 1. The highest BCUT2D eigenvalue weighted by molar-refractivity contribution is 6.02. The van der Waals surface area contributed by atoms with E-state index in [0.717, 1.165) is 17.1 Å². The van der Waals surface area contributed by atoms with Crippen LogP contribution in [-0.4, -0.2) is 29.7 Å². The molecule has 1 rings (SSSR count). The molecule has 0 unspecified atom stereocenters. The second kappa shape index (κ2) is 5.61. The summed E-state index contributed by atoms with van der Waals surface area (Å²) in [4.78, 5) is 17.7. The van der Waals surface area contributed by atoms with Gasteiger partial charge in [0, 0.05) is 5.70 Å². The Hall–Kier alpha value is -1.42. The Morgan fingerprint density at radius 2 is 2.06 bits per heavy atom. The lowest BCUT2D eigenvalue weighted by Gasteiger charge is -2.18. The quantitative estimate of drug-likeness (QED) is 0.737. The summed E-state index contributed by atoms with van der Waals surface area (Å²) in [6.07, 6.45) is 3.87. The zero-order valence-corrected chi connectivity index (χ0v) is 10.4. The molecular formula is C12H19N3O. The van der Waals surface area contributed by atoms with E-state index in [1.807, 2.05) is 39.8 Å². The van der Waals surface area contributed by atoms with E-state index in [-0.39, 0.29) is 5.91 Å². The molecule has 0 aromatic heterocycles. The van der Waals surface area contributed by atoms with Gasteiger partial charge in [0.05, 0.1) is 24.6 Å². The lowest BCUT2D eigenvalue weighted by atomic mass is 10.2. The Labute approximate surface area is 96.7 Å². The highest BCUT2D eigenvalue weighted by atomic mass is 16.2. The Morgan fingerprint density at radius 1 is 1.38 bits per heavy atom. The van der Waals surface area contributed by atoms with Crippen molar-refractivity contribution in [2.45, 2.75) is 27.7 Å². The normalized spacial score (nSPS) is 19.6. The van der Waals surface area contributed by atoms with Gasteiger partial charge >= 0.3 is 0 Å². The Balaban J connectivity index is 2.91. The summed E-state index contributed by atoms with van der Waals surface area (Å²) in [6, 6.07) is 0. The molecular weight excluding hydrogens is 202 g/mol. The summed E-state index contributed by atoms with van der Waals surface area (Å²) < 4.78 is 0. The van der Waals surface area contributed by atoms with Crippen LogP contribution in [0.25, 0.3) is 0 Å². The first-order chi connectivity index (χ1) is 7.60. The lowest BCUT2D eigenvalue weighted by molar-refractivity contribution is -0.124. The third-order valence-corrected chi connectivity index (χ3v) is 2.54. The molecule has 4 nitrogen and oxygen atoms in total. The van der Waals surface area contributed by atoms with E-state index in [9.17, 15) is 4.79 Å². The zero-order valence-electron chi connectivity index (χ0n) is 10.4. The Bertz CT molecular complexity index is 366. The van der Waals surface area contributed by atoms with Gasteiger partial charge in [0.1, 0.15) is 0 Å². The number of aliphatic imine (C=N–C) groups is 1. The fourth-order valence-corrected chi connectivity index (χ4v) is 1.62. The predicted octanol–water partition coefficient (Wildman–Crippen LogP) is 1.66. The first kappa shape index (κ1) is 12.6. The summed E-state index contributed by atoms with van der Waals surface area (Å²) in [7, 11) is 0. The Kier molecular flexibility index (Phi) is 4.43. The second-order valence-electron chi connectivity index (χ2n) is 3.71. The van der Waals surface area contributed by atoms with Crippen molar-refractivity contribution in [1.82, 2.24) is 10.2 Å². The van der Waals surface area contributed by atoms with E-state index in [2.05, 4.69) is 10.3 Å². The van der Waals surface area contributed by atoms with Gasteiger partial charge in [0.25, 0.3) is 0 Å². The standard InChI is InChI=1S/C12H19N3O/c1-5-9(3)14-10(4)11(6-2)15-8-13-7-12(15)16/h5-6,13H,7-8H2,1-4H3/b9-5-,11-6+,14-10-. The van der Waals surface area contributed by atoms with Crippen molar-refractivity contribution < 1.29 is 4.79 Å². The SMILES string of the molecule is C\C=C(C)/N=C(C)\C(=C/C)N1CNCC1=O. The molecule has 1 aliphatic heterocycles. The van der Waals surface area contributed by atoms with Gasteiger partial charge in [-0.3, -0.25) is 20.0 Å². The van der Waals surface area contributed by atoms with Gasteiger partial charge in [0.15, 0.2) is 0 Å². The smallest absolute Gasteiger partial charge is 0.242 e.